The second kappa shape index (κ2) is 8.09. The van der Waals surface area contributed by atoms with E-state index >= 15 is 0 Å². The van der Waals surface area contributed by atoms with Crippen molar-refractivity contribution < 1.29 is 0 Å². The van der Waals surface area contributed by atoms with Gasteiger partial charge in [0.25, 0.3) is 0 Å². The van der Waals surface area contributed by atoms with E-state index in [-0.39, 0.29) is 0 Å². The number of piperidine rings is 1. The largest absolute Gasteiger partial charge is 0.398 e. The van der Waals surface area contributed by atoms with E-state index in [1.807, 2.05) is 12.3 Å². The van der Waals surface area contributed by atoms with E-state index in [4.69, 9.17) is 5.73 Å². The molecule has 1 aromatic heterocycles. The first-order valence-electron chi connectivity index (χ1n) is 8.49. The summed E-state index contributed by atoms with van der Waals surface area (Å²) in [4.78, 5) is 6.72. The fourth-order valence-corrected chi connectivity index (χ4v) is 3.13. The zero-order valence-corrected chi connectivity index (χ0v) is 13.6. The van der Waals surface area contributed by atoms with Gasteiger partial charge in [-0.2, -0.15) is 0 Å². The third-order valence-corrected chi connectivity index (χ3v) is 4.67. The summed E-state index contributed by atoms with van der Waals surface area (Å²) in [6.45, 7) is 4.32. The van der Waals surface area contributed by atoms with E-state index in [2.05, 4.69) is 45.5 Å². The molecule has 23 heavy (non-hydrogen) atoms. The molecule has 0 aliphatic carbocycles. The molecule has 4 nitrogen and oxygen atoms in total. The molecule has 0 spiro atoms. The molecule has 3 rings (SSSR count). The van der Waals surface area contributed by atoms with Gasteiger partial charge in [0.2, 0.25) is 0 Å². The van der Waals surface area contributed by atoms with Crippen molar-refractivity contribution in [3.8, 4) is 0 Å². The number of pyridine rings is 1. The summed E-state index contributed by atoms with van der Waals surface area (Å²) in [7, 11) is 0. The van der Waals surface area contributed by atoms with Crippen LogP contribution in [0.15, 0.2) is 48.8 Å². The van der Waals surface area contributed by atoms with Crippen molar-refractivity contribution in [2.45, 2.75) is 31.8 Å². The summed E-state index contributed by atoms with van der Waals surface area (Å²) in [6.07, 6.45) is 7.15. The third kappa shape index (κ3) is 4.78. The molecule has 0 radical (unpaired) electrons. The Balaban J connectivity index is 1.38. The van der Waals surface area contributed by atoms with Gasteiger partial charge in [-0.05, 0) is 44.0 Å². The van der Waals surface area contributed by atoms with E-state index in [0.717, 1.165) is 30.8 Å². The average molecular weight is 310 g/mol. The maximum atomic E-state index is 5.96. The quantitative estimate of drug-likeness (QED) is 0.860. The van der Waals surface area contributed by atoms with Crippen molar-refractivity contribution >= 4 is 5.69 Å². The third-order valence-electron chi connectivity index (χ3n) is 4.67. The first kappa shape index (κ1) is 16.0. The number of aromatic nitrogens is 1. The minimum absolute atomic E-state index is 0.586. The van der Waals surface area contributed by atoms with Crippen LogP contribution in [0.4, 0.5) is 5.69 Å². The standard InChI is InChI=1S/C19H26N4/c20-19-6-10-21-14-17(19)15-22-18-8-12-23(13-9-18)11-7-16-4-2-1-3-5-16/h1-6,10,14,18,22H,7-9,11-13,15H2,(H2,20,21). The van der Waals surface area contributed by atoms with Crippen LogP contribution >= 0.6 is 0 Å². The van der Waals surface area contributed by atoms with Gasteiger partial charge in [0.05, 0.1) is 0 Å². The topological polar surface area (TPSA) is 54.2 Å². The van der Waals surface area contributed by atoms with E-state index in [1.165, 1.54) is 31.5 Å². The van der Waals surface area contributed by atoms with E-state index in [1.54, 1.807) is 6.20 Å². The van der Waals surface area contributed by atoms with Gasteiger partial charge in [0, 0.05) is 42.8 Å². The first-order valence-corrected chi connectivity index (χ1v) is 8.49. The van der Waals surface area contributed by atoms with Crippen LogP contribution in [0, 0.1) is 0 Å². The highest BCUT2D eigenvalue weighted by atomic mass is 15.1. The smallest absolute Gasteiger partial charge is 0.0390 e. The minimum atomic E-state index is 0.586. The zero-order chi connectivity index (χ0) is 15.9. The molecular weight excluding hydrogens is 284 g/mol. The van der Waals surface area contributed by atoms with Crippen LogP contribution in [-0.2, 0) is 13.0 Å². The summed E-state index contributed by atoms with van der Waals surface area (Å²) in [5, 5.41) is 3.63. The molecule has 3 N–H and O–H groups in total. The molecule has 0 bridgehead atoms. The summed E-state index contributed by atoms with van der Waals surface area (Å²) in [6, 6.07) is 13.2. The summed E-state index contributed by atoms with van der Waals surface area (Å²) in [5.74, 6) is 0. The van der Waals surface area contributed by atoms with Crippen LogP contribution in [0.1, 0.15) is 24.0 Å². The lowest BCUT2D eigenvalue weighted by Crippen LogP contribution is -2.42. The summed E-state index contributed by atoms with van der Waals surface area (Å²) in [5.41, 5.74) is 9.32. The second-order valence-corrected chi connectivity index (χ2v) is 6.31. The van der Waals surface area contributed by atoms with Crippen molar-refractivity contribution in [3.05, 3.63) is 59.9 Å². The van der Waals surface area contributed by atoms with Gasteiger partial charge >= 0.3 is 0 Å². The number of nitrogens with one attached hydrogen (secondary N) is 1. The molecule has 122 valence electrons. The molecule has 1 aromatic carbocycles. The number of hydrogen-bond acceptors (Lipinski definition) is 4. The number of anilines is 1. The molecule has 1 aliphatic rings. The molecule has 0 amide bonds. The van der Waals surface area contributed by atoms with E-state index in [0.29, 0.717) is 6.04 Å². The van der Waals surface area contributed by atoms with Crippen molar-refractivity contribution in [1.82, 2.24) is 15.2 Å². The Kier molecular flexibility index (Phi) is 5.61. The van der Waals surface area contributed by atoms with Gasteiger partial charge in [-0.15, -0.1) is 0 Å². The molecular formula is C19H26N4. The number of nitrogens with two attached hydrogens (primary N) is 1. The highest BCUT2D eigenvalue weighted by Gasteiger charge is 2.18. The number of nitrogens with zero attached hydrogens (tertiary/aromatic N) is 2. The Morgan fingerprint density at radius 2 is 1.91 bits per heavy atom. The Hall–Kier alpha value is -1.91. The lowest BCUT2D eigenvalue weighted by molar-refractivity contribution is 0.199. The second-order valence-electron chi connectivity index (χ2n) is 6.31. The predicted octanol–water partition coefficient (Wildman–Crippen LogP) is 2.46. The predicted molar refractivity (Wildman–Crippen MR) is 95.1 cm³/mol. The molecule has 0 saturated carbocycles. The number of benzene rings is 1. The average Bonchev–Trinajstić information content (AvgIpc) is 2.61. The van der Waals surface area contributed by atoms with E-state index < -0.39 is 0 Å². The Morgan fingerprint density at radius 1 is 1.13 bits per heavy atom. The van der Waals surface area contributed by atoms with Crippen molar-refractivity contribution in [2.75, 3.05) is 25.4 Å². The van der Waals surface area contributed by atoms with Crippen LogP contribution in [0.3, 0.4) is 0 Å². The summed E-state index contributed by atoms with van der Waals surface area (Å²) < 4.78 is 0. The maximum absolute atomic E-state index is 5.96. The molecule has 0 unspecified atom stereocenters. The van der Waals surface area contributed by atoms with Gasteiger partial charge in [-0.3, -0.25) is 4.98 Å². The van der Waals surface area contributed by atoms with Crippen molar-refractivity contribution in [2.24, 2.45) is 0 Å². The molecule has 4 heteroatoms. The normalized spacial score (nSPS) is 16.5. The first-order chi connectivity index (χ1) is 11.3. The van der Waals surface area contributed by atoms with Crippen LogP contribution in [0.2, 0.25) is 0 Å². The summed E-state index contributed by atoms with van der Waals surface area (Å²) >= 11 is 0. The molecule has 0 atom stereocenters. The number of rotatable bonds is 6. The molecule has 2 aromatic rings. The fourth-order valence-electron chi connectivity index (χ4n) is 3.13. The Bertz CT molecular complexity index is 591. The van der Waals surface area contributed by atoms with Crippen LogP contribution in [0.5, 0.6) is 0 Å². The Morgan fingerprint density at radius 3 is 2.65 bits per heavy atom. The maximum Gasteiger partial charge on any atom is 0.0390 e. The lowest BCUT2D eigenvalue weighted by Gasteiger charge is -2.32. The number of likely N-dealkylation sites (tertiary alicyclic amines) is 1. The monoisotopic (exact) mass is 310 g/mol. The molecule has 1 saturated heterocycles. The minimum Gasteiger partial charge on any atom is -0.398 e. The van der Waals surface area contributed by atoms with Gasteiger partial charge in [-0.25, -0.2) is 0 Å². The Labute approximate surface area is 138 Å². The zero-order valence-electron chi connectivity index (χ0n) is 13.6. The van der Waals surface area contributed by atoms with Crippen LogP contribution in [-0.4, -0.2) is 35.6 Å². The highest BCUT2D eigenvalue weighted by molar-refractivity contribution is 5.44. The van der Waals surface area contributed by atoms with Crippen LogP contribution < -0.4 is 11.1 Å². The van der Waals surface area contributed by atoms with Gasteiger partial charge in [0.15, 0.2) is 0 Å². The van der Waals surface area contributed by atoms with Crippen molar-refractivity contribution in [3.63, 3.8) is 0 Å². The number of nitrogen functional groups attached to an aromatic ring is 1. The van der Waals surface area contributed by atoms with E-state index in [9.17, 15) is 0 Å². The SMILES string of the molecule is Nc1ccncc1CNC1CCN(CCc2ccccc2)CC1. The molecule has 1 aliphatic heterocycles. The number of hydrogen-bond donors (Lipinski definition) is 2. The fraction of sp³-hybridized carbons (Fsp3) is 0.421. The highest BCUT2D eigenvalue weighted by Crippen LogP contribution is 2.14. The molecule has 1 fully saturated rings. The van der Waals surface area contributed by atoms with Gasteiger partial charge in [-0.1, -0.05) is 30.3 Å². The van der Waals surface area contributed by atoms with Crippen molar-refractivity contribution in [1.29, 1.82) is 0 Å². The van der Waals surface area contributed by atoms with Gasteiger partial charge in [0.1, 0.15) is 0 Å². The van der Waals surface area contributed by atoms with Gasteiger partial charge < -0.3 is 16.0 Å². The molecule has 2 heterocycles. The van der Waals surface area contributed by atoms with Crippen LogP contribution in [0.25, 0.3) is 0 Å². The lowest BCUT2D eigenvalue weighted by atomic mass is 10.0.